The van der Waals surface area contributed by atoms with Gasteiger partial charge in [-0.3, -0.25) is 0 Å². The number of benzene rings is 2. The van der Waals surface area contributed by atoms with Gasteiger partial charge in [0.15, 0.2) is 0 Å². The molecule has 0 aromatic heterocycles. The van der Waals surface area contributed by atoms with E-state index in [2.05, 4.69) is 17.7 Å². The van der Waals surface area contributed by atoms with Crippen LogP contribution >= 0.6 is 0 Å². The first-order chi connectivity index (χ1) is 11.4. The van der Waals surface area contributed by atoms with Gasteiger partial charge in [0.1, 0.15) is 0 Å². The van der Waals surface area contributed by atoms with Crippen molar-refractivity contribution in [3.05, 3.63) is 65.5 Å². The van der Waals surface area contributed by atoms with Gasteiger partial charge in [0.25, 0.3) is 0 Å². The van der Waals surface area contributed by atoms with Crippen molar-refractivity contribution in [2.75, 3.05) is 0 Å². The molecule has 2 aromatic rings. The summed E-state index contributed by atoms with van der Waals surface area (Å²) in [4.78, 5) is 0. The first-order valence-electron chi connectivity index (χ1n) is 8.28. The summed E-state index contributed by atoms with van der Waals surface area (Å²) in [5, 5.41) is 0. The van der Waals surface area contributed by atoms with Crippen LogP contribution in [-0.4, -0.2) is 0 Å². The van der Waals surface area contributed by atoms with Crippen molar-refractivity contribution in [3.63, 3.8) is 0 Å². The van der Waals surface area contributed by atoms with Crippen LogP contribution in [0.5, 0.6) is 5.75 Å². The zero-order chi connectivity index (χ0) is 17.2. The fourth-order valence-corrected chi connectivity index (χ4v) is 3.23. The van der Waals surface area contributed by atoms with Crippen molar-refractivity contribution >= 4 is 0 Å². The second-order valence-electron chi connectivity index (χ2n) is 6.57. The molecule has 1 nitrogen and oxygen atoms in total. The Bertz CT molecular complexity index is 680. The third kappa shape index (κ3) is 5.30. The van der Waals surface area contributed by atoms with Crippen molar-refractivity contribution in [1.29, 1.82) is 0 Å². The first kappa shape index (κ1) is 20.4. The Morgan fingerprint density at radius 1 is 1.04 bits per heavy atom. The molecule has 0 spiro atoms. The van der Waals surface area contributed by atoms with E-state index in [1.54, 1.807) is 12.1 Å². The number of alkyl halides is 2. The summed E-state index contributed by atoms with van der Waals surface area (Å²) in [6.07, 6.45) is 1.07. The predicted octanol–water partition coefficient (Wildman–Crippen LogP) is 6.05. The summed E-state index contributed by atoms with van der Waals surface area (Å²) in [5.41, 5.74) is 0.866. The van der Waals surface area contributed by atoms with Gasteiger partial charge in [0.05, 0.1) is 5.56 Å². The topological polar surface area (TPSA) is 9.23 Å². The van der Waals surface area contributed by atoms with Crippen LogP contribution in [0.4, 0.5) is 13.2 Å². The fraction of sp³-hybridized carbons (Fsp3) is 0.400. The molecule has 25 heavy (non-hydrogen) atoms. The standard InChI is InChI=1S/C20H20F3O.Y/c1-14-5-7-15(8-6-14)16-9-11-17(12-10-16)20(22,23)24-19-4-2-3-18(21)13-19;/h2,4,9-15H,5-8H2,1H3;/q-1;. The van der Waals surface area contributed by atoms with Gasteiger partial charge in [-0.25, -0.2) is 4.39 Å². The van der Waals surface area contributed by atoms with Gasteiger partial charge >= 0.3 is 6.11 Å². The van der Waals surface area contributed by atoms with E-state index in [0.29, 0.717) is 5.92 Å². The van der Waals surface area contributed by atoms with Crippen molar-refractivity contribution < 1.29 is 50.6 Å². The molecule has 1 fully saturated rings. The largest absolute Gasteiger partial charge is 0.455 e. The fourth-order valence-electron chi connectivity index (χ4n) is 3.23. The summed E-state index contributed by atoms with van der Waals surface area (Å²) in [6.45, 7) is 2.25. The van der Waals surface area contributed by atoms with E-state index in [4.69, 9.17) is 0 Å². The van der Waals surface area contributed by atoms with Gasteiger partial charge in [-0.15, -0.1) is 12.1 Å². The Hall–Kier alpha value is -0.866. The summed E-state index contributed by atoms with van der Waals surface area (Å²) in [5.74, 6) is 0.247. The summed E-state index contributed by atoms with van der Waals surface area (Å²) in [7, 11) is 0. The Morgan fingerprint density at radius 2 is 1.68 bits per heavy atom. The molecule has 3 rings (SSSR count). The Balaban J connectivity index is 0.00000225. The minimum absolute atomic E-state index is 0. The van der Waals surface area contributed by atoms with Crippen molar-refractivity contribution in [1.82, 2.24) is 0 Å². The molecule has 5 heteroatoms. The van der Waals surface area contributed by atoms with Crippen molar-refractivity contribution in [2.24, 2.45) is 5.92 Å². The minimum atomic E-state index is -3.51. The number of rotatable bonds is 4. The number of halogens is 3. The average molecular weight is 422 g/mol. The SMILES string of the molecule is CC1CCC(c2ccc(C(F)(F)Oc3cc[c-]c(F)c3)cc2)CC1.[Y]. The van der Waals surface area contributed by atoms with Crippen molar-refractivity contribution in [3.8, 4) is 5.75 Å². The van der Waals surface area contributed by atoms with Gasteiger partial charge in [0, 0.05) is 44.3 Å². The van der Waals surface area contributed by atoms with E-state index in [0.717, 1.165) is 30.4 Å². The van der Waals surface area contributed by atoms with Crippen LogP contribution in [0, 0.1) is 17.8 Å². The third-order valence-corrected chi connectivity index (χ3v) is 4.72. The van der Waals surface area contributed by atoms with E-state index >= 15 is 0 Å². The molecular weight excluding hydrogens is 402 g/mol. The second kappa shape index (κ2) is 8.68. The zero-order valence-electron chi connectivity index (χ0n) is 14.1. The number of hydrogen-bond donors (Lipinski definition) is 0. The molecule has 0 N–H and O–H groups in total. The predicted molar refractivity (Wildman–Crippen MR) is 86.6 cm³/mol. The molecule has 0 heterocycles. The summed E-state index contributed by atoms with van der Waals surface area (Å²) >= 11 is 0. The molecule has 0 amide bonds. The molecule has 0 unspecified atom stereocenters. The van der Waals surface area contributed by atoms with Crippen LogP contribution in [0.25, 0.3) is 0 Å². The van der Waals surface area contributed by atoms with Gasteiger partial charge in [-0.1, -0.05) is 38.0 Å². The first-order valence-corrected chi connectivity index (χ1v) is 8.28. The van der Waals surface area contributed by atoms with E-state index in [9.17, 15) is 13.2 Å². The average Bonchev–Trinajstić information content (AvgIpc) is 2.55. The minimum Gasteiger partial charge on any atom is -0.455 e. The number of ether oxygens (including phenoxy) is 1. The molecule has 0 saturated heterocycles. The Morgan fingerprint density at radius 3 is 2.28 bits per heavy atom. The second-order valence-corrected chi connectivity index (χ2v) is 6.57. The summed E-state index contributed by atoms with van der Waals surface area (Å²) in [6, 6.07) is 11.9. The van der Waals surface area contributed by atoms with Crippen LogP contribution in [0.15, 0.2) is 42.5 Å². The van der Waals surface area contributed by atoms with Gasteiger partial charge in [-0.05, 0) is 42.4 Å². The molecule has 2 aromatic carbocycles. The van der Waals surface area contributed by atoms with Crippen LogP contribution in [0.1, 0.15) is 49.7 Å². The van der Waals surface area contributed by atoms with Crippen LogP contribution in [0.2, 0.25) is 0 Å². The molecule has 0 bridgehead atoms. The van der Waals surface area contributed by atoms with E-state index < -0.39 is 11.9 Å². The maximum absolute atomic E-state index is 14.2. The van der Waals surface area contributed by atoms with Gasteiger partial charge in [0.2, 0.25) is 0 Å². The number of hydrogen-bond acceptors (Lipinski definition) is 1. The van der Waals surface area contributed by atoms with E-state index in [1.807, 2.05) is 0 Å². The maximum Gasteiger partial charge on any atom is 0.424 e. The van der Waals surface area contributed by atoms with Gasteiger partial charge in [-0.2, -0.15) is 14.8 Å². The molecule has 1 radical (unpaired) electrons. The zero-order valence-corrected chi connectivity index (χ0v) is 17.0. The normalized spacial score (nSPS) is 20.6. The Labute approximate surface area is 171 Å². The quantitative estimate of drug-likeness (QED) is 0.546. The molecule has 1 saturated carbocycles. The van der Waals surface area contributed by atoms with E-state index in [-0.39, 0.29) is 44.0 Å². The molecule has 131 valence electrons. The molecule has 0 atom stereocenters. The van der Waals surface area contributed by atoms with Gasteiger partial charge < -0.3 is 4.74 Å². The summed E-state index contributed by atoms with van der Waals surface area (Å²) < 4.78 is 46.2. The Kier molecular flexibility index (Phi) is 7.10. The van der Waals surface area contributed by atoms with E-state index in [1.165, 1.54) is 37.1 Å². The molecular formula is C20H20F3OY-. The maximum atomic E-state index is 14.2. The van der Waals surface area contributed by atoms with Crippen LogP contribution in [0.3, 0.4) is 0 Å². The third-order valence-electron chi connectivity index (χ3n) is 4.72. The van der Waals surface area contributed by atoms with Crippen LogP contribution in [-0.2, 0) is 38.8 Å². The molecule has 0 aliphatic heterocycles. The van der Waals surface area contributed by atoms with Crippen LogP contribution < -0.4 is 4.74 Å². The molecule has 1 aliphatic carbocycles. The monoisotopic (exact) mass is 422 g/mol. The van der Waals surface area contributed by atoms with Crippen molar-refractivity contribution in [2.45, 2.75) is 44.6 Å². The molecule has 1 aliphatic rings. The smallest absolute Gasteiger partial charge is 0.424 e.